The molecule has 0 bridgehead atoms. The van der Waals surface area contributed by atoms with E-state index in [4.69, 9.17) is 37.4 Å². The Bertz CT molecular complexity index is 1120. The number of carbonyl (C=O) groups excluding carboxylic acids is 3. The zero-order valence-corrected chi connectivity index (χ0v) is 21.0. The van der Waals surface area contributed by atoms with Gasteiger partial charge in [-0.05, 0) is 61.7 Å². The number of nitrogens with zero attached hydrogens (tertiary/aromatic N) is 1. The fraction of sp³-hybridized carbons (Fsp3) is 0.333. The molecule has 1 aliphatic rings. The van der Waals surface area contributed by atoms with Crippen molar-refractivity contribution in [2.75, 3.05) is 31.7 Å². The van der Waals surface area contributed by atoms with E-state index in [2.05, 4.69) is 21.2 Å². The van der Waals surface area contributed by atoms with Crippen molar-refractivity contribution in [1.82, 2.24) is 10.7 Å². The van der Waals surface area contributed by atoms with Gasteiger partial charge in [0.2, 0.25) is 0 Å². The lowest BCUT2D eigenvalue weighted by molar-refractivity contribution is -0.139. The Kier molecular flexibility index (Phi) is 10.3. The molecule has 3 N–H and O–H groups in total. The minimum atomic E-state index is -0.887. The highest BCUT2D eigenvalue weighted by Crippen LogP contribution is 2.28. The van der Waals surface area contributed by atoms with Crippen LogP contribution in [0.25, 0.3) is 0 Å². The molecular weight excluding hydrogens is 511 g/mol. The second-order valence-corrected chi connectivity index (χ2v) is 8.46. The van der Waals surface area contributed by atoms with Crippen molar-refractivity contribution in [3.05, 3.63) is 52.0 Å². The molecule has 3 rings (SSSR count). The van der Waals surface area contributed by atoms with E-state index in [0.717, 1.165) is 12.8 Å². The average molecular weight is 537 g/mol. The molecule has 1 atom stereocenters. The quantitative estimate of drug-likeness (QED) is 0.243. The van der Waals surface area contributed by atoms with E-state index in [-0.39, 0.29) is 19.3 Å². The third-order valence-corrected chi connectivity index (χ3v) is 5.67. The molecule has 1 aliphatic heterocycles. The highest BCUT2D eigenvalue weighted by Gasteiger charge is 2.19. The van der Waals surface area contributed by atoms with Gasteiger partial charge in [0.1, 0.15) is 0 Å². The van der Waals surface area contributed by atoms with E-state index in [1.807, 2.05) is 0 Å². The van der Waals surface area contributed by atoms with Crippen LogP contribution < -0.4 is 25.5 Å². The van der Waals surface area contributed by atoms with E-state index >= 15 is 0 Å². The number of hydrogen-bond acceptors (Lipinski definition) is 7. The number of benzene rings is 2. The van der Waals surface area contributed by atoms with Crippen LogP contribution in [-0.2, 0) is 19.1 Å². The first-order valence-corrected chi connectivity index (χ1v) is 12.0. The van der Waals surface area contributed by atoms with Gasteiger partial charge in [0.25, 0.3) is 5.91 Å². The molecule has 2 aromatic rings. The number of hydrogen-bond donors (Lipinski definition) is 3. The highest BCUT2D eigenvalue weighted by molar-refractivity contribution is 6.42. The number of hydrazone groups is 1. The summed E-state index contributed by atoms with van der Waals surface area (Å²) in [6.07, 6.45) is 3.08. The lowest BCUT2D eigenvalue weighted by atomic mass is 10.2. The first kappa shape index (κ1) is 27.3. The van der Waals surface area contributed by atoms with Gasteiger partial charge >= 0.3 is 11.8 Å². The van der Waals surface area contributed by atoms with Gasteiger partial charge in [-0.15, -0.1) is 0 Å². The SMILES string of the molecule is CCOc1cc(/C=N\NC(=O)C(=O)NC[C@@H]2CCCO2)ccc1OCC(=O)Nc1ccc(Cl)c(Cl)c1. The van der Waals surface area contributed by atoms with Gasteiger partial charge in [0.05, 0.1) is 29.0 Å². The summed E-state index contributed by atoms with van der Waals surface area (Å²) in [6.45, 7) is 2.83. The van der Waals surface area contributed by atoms with Crippen LogP contribution in [0.2, 0.25) is 10.0 Å². The largest absolute Gasteiger partial charge is 0.490 e. The zero-order chi connectivity index (χ0) is 25.9. The maximum absolute atomic E-state index is 12.2. The lowest BCUT2D eigenvalue weighted by Gasteiger charge is -2.13. The molecule has 1 saturated heterocycles. The summed E-state index contributed by atoms with van der Waals surface area (Å²) in [5.41, 5.74) is 3.24. The topological polar surface area (TPSA) is 127 Å². The first-order valence-electron chi connectivity index (χ1n) is 11.2. The summed E-state index contributed by atoms with van der Waals surface area (Å²) >= 11 is 11.8. The van der Waals surface area contributed by atoms with Gasteiger partial charge in [-0.3, -0.25) is 14.4 Å². The van der Waals surface area contributed by atoms with Crippen LogP contribution in [0.1, 0.15) is 25.3 Å². The maximum Gasteiger partial charge on any atom is 0.329 e. The molecule has 36 heavy (non-hydrogen) atoms. The molecule has 0 unspecified atom stereocenters. The summed E-state index contributed by atoms with van der Waals surface area (Å²) in [5, 5.41) is 9.70. The predicted molar refractivity (Wildman–Crippen MR) is 136 cm³/mol. The Labute approximate surface area is 218 Å². The first-order chi connectivity index (χ1) is 17.4. The van der Waals surface area contributed by atoms with Crippen LogP contribution in [0.4, 0.5) is 5.69 Å². The van der Waals surface area contributed by atoms with E-state index in [0.29, 0.717) is 46.0 Å². The summed E-state index contributed by atoms with van der Waals surface area (Å²) < 4.78 is 16.6. The normalized spacial score (nSPS) is 14.9. The van der Waals surface area contributed by atoms with E-state index < -0.39 is 17.7 Å². The molecule has 3 amide bonds. The Balaban J connectivity index is 1.51. The molecule has 0 spiro atoms. The second kappa shape index (κ2) is 13.7. The van der Waals surface area contributed by atoms with Gasteiger partial charge in [0, 0.05) is 18.8 Å². The van der Waals surface area contributed by atoms with Crippen LogP contribution in [0.5, 0.6) is 11.5 Å². The van der Waals surface area contributed by atoms with Gasteiger partial charge in [0.15, 0.2) is 18.1 Å². The number of amides is 3. The van der Waals surface area contributed by atoms with Crippen LogP contribution >= 0.6 is 23.2 Å². The third kappa shape index (κ3) is 8.40. The number of nitrogens with one attached hydrogen (secondary N) is 3. The van der Waals surface area contributed by atoms with Crippen molar-refractivity contribution in [1.29, 1.82) is 0 Å². The molecule has 0 saturated carbocycles. The molecule has 192 valence electrons. The van der Waals surface area contributed by atoms with Gasteiger partial charge in [-0.25, -0.2) is 5.43 Å². The van der Waals surface area contributed by atoms with Crippen LogP contribution in [0.3, 0.4) is 0 Å². The van der Waals surface area contributed by atoms with Crippen LogP contribution in [-0.4, -0.2) is 56.4 Å². The summed E-state index contributed by atoms with van der Waals surface area (Å²) in [4.78, 5) is 36.0. The lowest BCUT2D eigenvalue weighted by Crippen LogP contribution is -2.41. The van der Waals surface area contributed by atoms with Crippen molar-refractivity contribution < 1.29 is 28.6 Å². The Morgan fingerprint density at radius 3 is 2.64 bits per heavy atom. The smallest absolute Gasteiger partial charge is 0.329 e. The van der Waals surface area contributed by atoms with E-state index in [9.17, 15) is 14.4 Å². The van der Waals surface area contributed by atoms with Crippen LogP contribution in [0, 0.1) is 0 Å². The molecule has 0 aliphatic carbocycles. The number of carbonyl (C=O) groups is 3. The monoisotopic (exact) mass is 536 g/mol. The van der Waals surface area contributed by atoms with Gasteiger partial charge in [-0.2, -0.15) is 5.10 Å². The number of anilines is 1. The molecule has 1 fully saturated rings. The highest BCUT2D eigenvalue weighted by atomic mass is 35.5. The van der Waals surface area contributed by atoms with E-state index in [1.165, 1.54) is 12.3 Å². The van der Waals surface area contributed by atoms with Crippen LogP contribution in [0.15, 0.2) is 41.5 Å². The standard InChI is InChI=1S/C24H26Cl2N4O6/c1-2-34-21-10-15(12-28-30-24(33)23(32)27-13-17-4-3-9-35-17)5-8-20(21)36-14-22(31)29-16-6-7-18(25)19(26)11-16/h5-8,10-12,17H,2-4,9,13-14H2,1H3,(H,27,32)(H,29,31)(H,30,33)/b28-12-/t17-/m0/s1. The van der Waals surface area contributed by atoms with Gasteiger partial charge in [-0.1, -0.05) is 23.2 Å². The fourth-order valence-electron chi connectivity index (χ4n) is 3.22. The number of halogens is 2. The number of rotatable bonds is 10. The van der Waals surface area contributed by atoms with Crippen molar-refractivity contribution in [2.45, 2.75) is 25.9 Å². The minimum Gasteiger partial charge on any atom is -0.490 e. The summed E-state index contributed by atoms with van der Waals surface area (Å²) in [6, 6.07) is 9.63. The van der Waals surface area contributed by atoms with E-state index in [1.54, 1.807) is 37.3 Å². The summed E-state index contributed by atoms with van der Waals surface area (Å²) in [5.74, 6) is -1.36. The van der Waals surface area contributed by atoms with Crippen molar-refractivity contribution in [3.8, 4) is 11.5 Å². The second-order valence-electron chi connectivity index (χ2n) is 7.65. The predicted octanol–water partition coefficient (Wildman–Crippen LogP) is 3.15. The third-order valence-electron chi connectivity index (χ3n) is 4.93. The Morgan fingerprint density at radius 1 is 1.08 bits per heavy atom. The molecule has 2 aromatic carbocycles. The number of ether oxygens (including phenoxy) is 3. The maximum atomic E-state index is 12.2. The van der Waals surface area contributed by atoms with Crippen molar-refractivity contribution in [3.63, 3.8) is 0 Å². The molecular formula is C24H26Cl2N4O6. The van der Waals surface area contributed by atoms with Crippen molar-refractivity contribution >= 4 is 52.8 Å². The Hall–Kier alpha value is -3.34. The minimum absolute atomic E-state index is 0.0648. The Morgan fingerprint density at radius 2 is 1.92 bits per heavy atom. The molecule has 0 aromatic heterocycles. The molecule has 0 radical (unpaired) electrons. The van der Waals surface area contributed by atoms with Crippen molar-refractivity contribution in [2.24, 2.45) is 5.10 Å². The average Bonchev–Trinajstić information content (AvgIpc) is 3.38. The summed E-state index contributed by atoms with van der Waals surface area (Å²) in [7, 11) is 0. The van der Waals surface area contributed by atoms with Gasteiger partial charge < -0.3 is 24.8 Å². The molecule has 1 heterocycles. The molecule has 12 heteroatoms. The fourth-order valence-corrected chi connectivity index (χ4v) is 3.51. The zero-order valence-electron chi connectivity index (χ0n) is 19.5. The molecule has 10 nitrogen and oxygen atoms in total.